The van der Waals surface area contributed by atoms with Crippen LogP contribution in [0.25, 0.3) is 22.3 Å². The maximum atomic E-state index is 14.3. The highest BCUT2D eigenvalue weighted by Gasteiger charge is 2.35. The van der Waals surface area contributed by atoms with Gasteiger partial charge in [-0.3, -0.25) is 3.97 Å². The van der Waals surface area contributed by atoms with Gasteiger partial charge >= 0.3 is 12.3 Å². The third kappa shape index (κ3) is 7.89. The molecule has 0 bridgehead atoms. The van der Waals surface area contributed by atoms with Crippen LogP contribution in [0.2, 0.25) is 0 Å². The van der Waals surface area contributed by atoms with Crippen molar-refractivity contribution in [2.45, 2.75) is 63.6 Å². The molecule has 1 fully saturated rings. The Morgan fingerprint density at radius 1 is 1.07 bits per heavy atom. The van der Waals surface area contributed by atoms with E-state index in [2.05, 4.69) is 9.97 Å². The summed E-state index contributed by atoms with van der Waals surface area (Å²) in [7, 11) is 0. The van der Waals surface area contributed by atoms with Gasteiger partial charge in [0.25, 0.3) is 0 Å². The molecule has 236 valence electrons. The fourth-order valence-electron chi connectivity index (χ4n) is 5.14. The number of nitriles is 1. The van der Waals surface area contributed by atoms with Crippen LogP contribution < -0.4 is 4.74 Å². The van der Waals surface area contributed by atoms with E-state index in [1.54, 1.807) is 21.1 Å². The van der Waals surface area contributed by atoms with Crippen molar-refractivity contribution < 1.29 is 27.4 Å². The van der Waals surface area contributed by atoms with Crippen LogP contribution in [0.15, 0.2) is 59.6 Å². The summed E-state index contributed by atoms with van der Waals surface area (Å²) in [5, 5.41) is 10.1. The maximum absolute atomic E-state index is 14.3. The fraction of sp³-hybridized carbons (Fsp3) is 0.394. The minimum Gasteiger partial charge on any atom is -0.493 e. The molecule has 8 nitrogen and oxygen atoms in total. The molecular formula is C33H34F3N5O3S. The molecule has 12 heteroatoms. The average Bonchev–Trinajstić information content (AvgIpc) is 3.39. The first-order valence-corrected chi connectivity index (χ1v) is 15.4. The lowest BCUT2D eigenvalue weighted by molar-refractivity contribution is -0.138. The lowest BCUT2D eigenvalue weighted by Crippen LogP contribution is -2.41. The van der Waals surface area contributed by atoms with Crippen molar-refractivity contribution in [3.8, 4) is 23.1 Å². The highest BCUT2D eigenvalue weighted by atomic mass is 32.2. The largest absolute Gasteiger partial charge is 0.493 e. The quantitative estimate of drug-likeness (QED) is 0.201. The number of rotatable bonds is 7. The Balaban J connectivity index is 1.32. The predicted molar refractivity (Wildman–Crippen MR) is 166 cm³/mol. The number of amides is 1. The van der Waals surface area contributed by atoms with Gasteiger partial charge in [0.1, 0.15) is 17.4 Å². The number of ether oxygens (including phenoxy) is 2. The normalized spacial score (nSPS) is 14.4. The maximum Gasteiger partial charge on any atom is 0.419 e. The SMILES string of the molecule is Cc1ccc(Sn2ccc3c(-c4ccc(OCCC5CCN(C(=O)OC(C)(C)C)CC5)c(C(F)(F)F)c4)nc(C#N)nc32)cc1. The lowest BCUT2D eigenvalue weighted by atomic mass is 9.94. The second-order valence-electron chi connectivity index (χ2n) is 12.0. The zero-order valence-corrected chi connectivity index (χ0v) is 26.3. The summed E-state index contributed by atoms with van der Waals surface area (Å²) < 4.78 is 55.7. The minimum absolute atomic E-state index is 0.106. The summed E-state index contributed by atoms with van der Waals surface area (Å²) in [5.41, 5.74) is 0.477. The summed E-state index contributed by atoms with van der Waals surface area (Å²) in [6.45, 7) is 8.61. The number of aromatic nitrogens is 3. The fourth-order valence-corrected chi connectivity index (χ4v) is 5.97. The van der Waals surface area contributed by atoms with Crippen molar-refractivity contribution in [1.29, 1.82) is 5.26 Å². The van der Waals surface area contributed by atoms with E-state index in [0.717, 1.165) is 29.4 Å². The Labute approximate surface area is 264 Å². The van der Waals surface area contributed by atoms with Crippen molar-refractivity contribution in [3.63, 3.8) is 0 Å². The minimum atomic E-state index is -4.68. The van der Waals surface area contributed by atoms with E-state index >= 15 is 0 Å². The Hall–Kier alpha value is -4.24. The van der Waals surface area contributed by atoms with Crippen molar-refractivity contribution in [3.05, 3.63) is 71.7 Å². The summed E-state index contributed by atoms with van der Waals surface area (Å²) in [4.78, 5) is 23.6. The molecule has 1 aliphatic rings. The summed E-state index contributed by atoms with van der Waals surface area (Å²) in [6, 6.07) is 15.4. The number of hydrogen-bond donors (Lipinski definition) is 0. The molecule has 1 amide bonds. The molecule has 0 aliphatic carbocycles. The number of likely N-dealkylation sites (tertiary alicyclic amines) is 1. The van der Waals surface area contributed by atoms with Gasteiger partial charge in [0, 0.05) is 35.1 Å². The second kappa shape index (κ2) is 13.0. The molecule has 1 saturated heterocycles. The van der Waals surface area contributed by atoms with Gasteiger partial charge in [-0.25, -0.2) is 9.78 Å². The number of carbonyl (C=O) groups is 1. The van der Waals surface area contributed by atoms with Crippen molar-refractivity contribution in [2.24, 2.45) is 5.92 Å². The summed E-state index contributed by atoms with van der Waals surface area (Å²) in [5.74, 6) is -0.192. The van der Waals surface area contributed by atoms with E-state index in [-0.39, 0.29) is 41.4 Å². The Bertz CT molecular complexity index is 1720. The summed E-state index contributed by atoms with van der Waals surface area (Å²) in [6.07, 6.45) is -1.26. The van der Waals surface area contributed by atoms with Gasteiger partial charge in [-0.05, 0) is 101 Å². The van der Waals surface area contributed by atoms with E-state index in [1.807, 2.05) is 58.0 Å². The predicted octanol–water partition coefficient (Wildman–Crippen LogP) is 8.27. The second-order valence-corrected chi connectivity index (χ2v) is 13.1. The van der Waals surface area contributed by atoms with Gasteiger partial charge < -0.3 is 14.4 Å². The van der Waals surface area contributed by atoms with Crippen LogP contribution in [-0.2, 0) is 10.9 Å². The molecule has 5 rings (SSSR count). The number of hydrogen-bond acceptors (Lipinski definition) is 7. The van der Waals surface area contributed by atoms with Crippen LogP contribution in [-0.4, -0.2) is 50.2 Å². The Morgan fingerprint density at radius 3 is 2.42 bits per heavy atom. The van der Waals surface area contributed by atoms with Crippen LogP contribution in [0.4, 0.5) is 18.0 Å². The molecule has 1 aliphatic heterocycles. The number of nitrogens with zero attached hydrogens (tertiary/aromatic N) is 5. The monoisotopic (exact) mass is 637 g/mol. The summed E-state index contributed by atoms with van der Waals surface area (Å²) >= 11 is 1.38. The molecule has 2 aromatic heterocycles. The van der Waals surface area contributed by atoms with Crippen LogP contribution in [0, 0.1) is 24.2 Å². The Morgan fingerprint density at radius 2 is 1.78 bits per heavy atom. The van der Waals surface area contributed by atoms with E-state index in [1.165, 1.54) is 24.1 Å². The van der Waals surface area contributed by atoms with Crippen LogP contribution >= 0.6 is 11.9 Å². The Kier molecular flexibility index (Phi) is 9.30. The van der Waals surface area contributed by atoms with E-state index in [9.17, 15) is 23.2 Å². The third-order valence-electron chi connectivity index (χ3n) is 7.44. The number of halogens is 3. The average molecular weight is 638 g/mol. The molecule has 0 saturated carbocycles. The number of aryl methyl sites for hydroxylation is 1. The zero-order chi connectivity index (χ0) is 32.4. The molecular weight excluding hydrogens is 603 g/mol. The number of benzene rings is 2. The van der Waals surface area contributed by atoms with Gasteiger partial charge in [-0.2, -0.15) is 23.4 Å². The standard InChI is InChI=1S/C33H34F3N5O3S/c1-21-5-8-24(9-6-21)45-41-17-13-25-29(38-28(20-37)39-30(25)41)23-7-10-27(26(19-23)33(34,35)36)43-18-14-22-11-15-40(16-12-22)31(42)44-32(2,3)4/h5-10,13,17,19,22H,11-12,14-16,18H2,1-4H3. The third-order valence-corrected chi connectivity index (χ3v) is 8.42. The number of fused-ring (bicyclic) bond motifs is 1. The number of alkyl halides is 3. The number of piperidine rings is 1. The van der Waals surface area contributed by atoms with E-state index < -0.39 is 17.3 Å². The van der Waals surface area contributed by atoms with Gasteiger partial charge in [-0.15, -0.1) is 0 Å². The van der Waals surface area contributed by atoms with Gasteiger partial charge in [0.2, 0.25) is 5.82 Å². The molecule has 2 aromatic carbocycles. The molecule has 0 unspecified atom stereocenters. The van der Waals surface area contributed by atoms with Crippen LogP contribution in [0.1, 0.15) is 57.0 Å². The van der Waals surface area contributed by atoms with Crippen LogP contribution in [0.5, 0.6) is 5.75 Å². The van der Waals surface area contributed by atoms with Gasteiger partial charge in [-0.1, -0.05) is 17.7 Å². The first-order chi connectivity index (χ1) is 21.3. The highest BCUT2D eigenvalue weighted by molar-refractivity contribution is 7.98. The number of carbonyl (C=O) groups excluding carboxylic acids is 1. The molecule has 0 atom stereocenters. The zero-order valence-electron chi connectivity index (χ0n) is 25.5. The molecule has 3 heterocycles. The molecule has 45 heavy (non-hydrogen) atoms. The smallest absolute Gasteiger partial charge is 0.419 e. The molecule has 4 aromatic rings. The molecule has 0 spiro atoms. The first-order valence-electron chi connectivity index (χ1n) is 14.7. The molecule has 0 radical (unpaired) electrons. The van der Waals surface area contributed by atoms with Crippen molar-refractivity contribution in [2.75, 3.05) is 19.7 Å². The van der Waals surface area contributed by atoms with Crippen LogP contribution in [0.3, 0.4) is 0 Å². The lowest BCUT2D eigenvalue weighted by Gasteiger charge is -2.33. The van der Waals surface area contributed by atoms with E-state index in [0.29, 0.717) is 30.5 Å². The molecule has 0 N–H and O–H groups in total. The first kappa shape index (κ1) is 32.2. The van der Waals surface area contributed by atoms with Gasteiger partial charge in [0.05, 0.1) is 17.9 Å². The topological polar surface area (TPSA) is 93.3 Å². The van der Waals surface area contributed by atoms with Crippen molar-refractivity contribution >= 4 is 29.1 Å². The van der Waals surface area contributed by atoms with E-state index in [4.69, 9.17) is 9.47 Å². The van der Waals surface area contributed by atoms with Gasteiger partial charge in [0.15, 0.2) is 5.65 Å². The van der Waals surface area contributed by atoms with Crippen molar-refractivity contribution in [1.82, 2.24) is 18.8 Å². The highest BCUT2D eigenvalue weighted by Crippen LogP contribution is 2.40.